The van der Waals surface area contributed by atoms with Crippen molar-refractivity contribution in [3.63, 3.8) is 0 Å². The van der Waals surface area contributed by atoms with Gasteiger partial charge in [-0.3, -0.25) is 5.32 Å². The van der Waals surface area contributed by atoms with E-state index in [4.69, 9.17) is 4.42 Å². The average molecular weight is 379 g/mol. The second-order valence-corrected chi connectivity index (χ2v) is 7.81. The Morgan fingerprint density at radius 2 is 2.00 bits per heavy atom. The second-order valence-electron chi connectivity index (χ2n) is 7.81. The molecule has 28 heavy (non-hydrogen) atoms. The first kappa shape index (κ1) is 17.2. The number of nitrogens with zero attached hydrogens (tertiary/aromatic N) is 4. The van der Waals surface area contributed by atoms with Crippen molar-refractivity contribution in [2.45, 2.75) is 25.9 Å². The number of rotatable bonds is 6. The maximum atomic E-state index is 13.6. The smallest absolute Gasteiger partial charge is 0.302 e. The monoisotopic (exact) mass is 379 g/mol. The van der Waals surface area contributed by atoms with Gasteiger partial charge in [-0.15, -0.1) is 0 Å². The van der Waals surface area contributed by atoms with Crippen LogP contribution in [0, 0.1) is 11.7 Å². The predicted octanol–water partition coefficient (Wildman–Crippen LogP) is 4.53. The van der Waals surface area contributed by atoms with E-state index < -0.39 is 0 Å². The van der Waals surface area contributed by atoms with Gasteiger partial charge in [0, 0.05) is 19.2 Å². The van der Waals surface area contributed by atoms with Crippen LogP contribution in [0.2, 0.25) is 0 Å². The molecule has 0 aliphatic heterocycles. The molecule has 2 aromatic carbocycles. The molecule has 0 saturated heterocycles. The molecule has 0 radical (unpaired) electrons. The molecule has 4 aromatic rings. The van der Waals surface area contributed by atoms with Gasteiger partial charge < -0.3 is 13.9 Å². The molecule has 2 heterocycles. The van der Waals surface area contributed by atoms with E-state index in [0.29, 0.717) is 23.4 Å². The summed E-state index contributed by atoms with van der Waals surface area (Å²) in [7, 11) is 4.07. The molecule has 0 spiro atoms. The van der Waals surface area contributed by atoms with Crippen LogP contribution in [0.5, 0.6) is 0 Å². The first-order valence-corrected chi connectivity index (χ1v) is 9.52. The van der Waals surface area contributed by atoms with E-state index >= 15 is 0 Å². The van der Waals surface area contributed by atoms with Crippen molar-refractivity contribution in [2.75, 3.05) is 19.4 Å². The lowest BCUT2D eigenvalue weighted by Gasteiger charge is -2.08. The topological polar surface area (TPSA) is 59.1 Å². The zero-order valence-corrected chi connectivity index (χ0v) is 15.9. The fourth-order valence-electron chi connectivity index (χ4n) is 3.53. The number of fused-ring (bicyclic) bond motifs is 2. The van der Waals surface area contributed by atoms with Gasteiger partial charge in [0.05, 0.1) is 11.0 Å². The van der Waals surface area contributed by atoms with Gasteiger partial charge in [0.15, 0.2) is 5.58 Å². The summed E-state index contributed by atoms with van der Waals surface area (Å²) < 4.78 is 21.6. The molecule has 1 N–H and O–H groups in total. The Bertz CT molecular complexity index is 1160. The third-order valence-electron chi connectivity index (χ3n) is 5.02. The fraction of sp³-hybridized carbons (Fsp3) is 0.333. The highest BCUT2D eigenvalue weighted by atomic mass is 19.1. The number of hydrogen-bond acceptors (Lipinski definition) is 5. The largest absolute Gasteiger partial charge is 0.423 e. The van der Waals surface area contributed by atoms with Crippen LogP contribution in [0.15, 0.2) is 40.8 Å². The Balaban J connectivity index is 1.50. The first-order valence-electron chi connectivity index (χ1n) is 9.52. The number of imidazole rings is 1. The Morgan fingerprint density at radius 3 is 2.79 bits per heavy atom. The van der Waals surface area contributed by atoms with Gasteiger partial charge in [-0.1, -0.05) is 6.07 Å². The van der Waals surface area contributed by atoms with Gasteiger partial charge in [0.25, 0.3) is 0 Å². The zero-order valence-electron chi connectivity index (χ0n) is 15.9. The minimum Gasteiger partial charge on any atom is -0.423 e. The highest BCUT2D eigenvalue weighted by Gasteiger charge is 2.25. The highest BCUT2D eigenvalue weighted by molar-refractivity contribution is 5.80. The van der Waals surface area contributed by atoms with Crippen LogP contribution >= 0.6 is 0 Å². The summed E-state index contributed by atoms with van der Waals surface area (Å²) in [6.07, 6.45) is 2.44. The maximum absolute atomic E-state index is 13.6. The molecule has 144 valence electrons. The van der Waals surface area contributed by atoms with E-state index in [1.54, 1.807) is 6.07 Å². The van der Waals surface area contributed by atoms with Gasteiger partial charge in [0.2, 0.25) is 5.95 Å². The third-order valence-corrected chi connectivity index (χ3v) is 5.02. The van der Waals surface area contributed by atoms with E-state index in [1.165, 1.54) is 30.5 Å². The van der Waals surface area contributed by atoms with E-state index in [9.17, 15) is 4.39 Å². The molecular formula is C21H22FN5O. The van der Waals surface area contributed by atoms with Crippen LogP contribution in [-0.2, 0) is 13.1 Å². The molecule has 7 heteroatoms. The van der Waals surface area contributed by atoms with Crippen LogP contribution in [0.3, 0.4) is 0 Å². The lowest BCUT2D eigenvalue weighted by atomic mass is 10.2. The summed E-state index contributed by atoms with van der Waals surface area (Å²) in [5.41, 5.74) is 4.25. The first-order chi connectivity index (χ1) is 13.5. The summed E-state index contributed by atoms with van der Waals surface area (Å²) in [4.78, 5) is 11.3. The van der Waals surface area contributed by atoms with E-state index in [-0.39, 0.29) is 5.82 Å². The number of anilines is 2. The van der Waals surface area contributed by atoms with Crippen LogP contribution < -0.4 is 5.32 Å². The van der Waals surface area contributed by atoms with Crippen molar-refractivity contribution >= 4 is 34.1 Å². The Labute approximate surface area is 162 Å². The summed E-state index contributed by atoms with van der Waals surface area (Å²) in [6, 6.07) is 11.1. The average Bonchev–Trinajstić information content (AvgIpc) is 3.28. The Kier molecular flexibility index (Phi) is 4.05. The van der Waals surface area contributed by atoms with E-state index in [1.807, 2.05) is 32.3 Å². The van der Waals surface area contributed by atoms with Gasteiger partial charge in [-0.25, -0.2) is 9.37 Å². The molecular weight excluding hydrogens is 357 g/mol. The molecule has 0 atom stereocenters. The highest BCUT2D eigenvalue weighted by Crippen LogP contribution is 2.34. The minimum atomic E-state index is -0.287. The number of halogens is 1. The summed E-state index contributed by atoms with van der Waals surface area (Å²) >= 11 is 0. The molecule has 1 aliphatic rings. The van der Waals surface area contributed by atoms with Gasteiger partial charge in [-0.2, -0.15) is 4.98 Å². The number of oxazole rings is 1. The molecule has 0 amide bonds. The number of benzene rings is 2. The van der Waals surface area contributed by atoms with Gasteiger partial charge in [-0.05, 0) is 62.7 Å². The van der Waals surface area contributed by atoms with Crippen molar-refractivity contribution in [1.29, 1.82) is 0 Å². The van der Waals surface area contributed by atoms with E-state index in [2.05, 4.69) is 24.8 Å². The van der Waals surface area contributed by atoms with Crippen LogP contribution in [0.1, 0.15) is 18.4 Å². The fourth-order valence-corrected chi connectivity index (χ4v) is 3.53. The van der Waals surface area contributed by atoms with Crippen molar-refractivity contribution < 1.29 is 8.81 Å². The normalized spacial score (nSPS) is 14.4. The third kappa shape index (κ3) is 3.33. The molecule has 6 nitrogen and oxygen atoms in total. The number of aromatic nitrogens is 3. The van der Waals surface area contributed by atoms with Crippen LogP contribution in [0.4, 0.5) is 16.4 Å². The summed E-state index contributed by atoms with van der Waals surface area (Å²) in [5, 5.41) is 3.21. The Morgan fingerprint density at radius 1 is 1.14 bits per heavy atom. The van der Waals surface area contributed by atoms with Crippen LogP contribution in [-0.4, -0.2) is 33.5 Å². The molecule has 1 saturated carbocycles. The lowest BCUT2D eigenvalue weighted by Crippen LogP contribution is -2.10. The molecule has 2 aromatic heterocycles. The molecule has 1 fully saturated rings. The lowest BCUT2D eigenvalue weighted by molar-refractivity contribution is 0.402. The van der Waals surface area contributed by atoms with Gasteiger partial charge in [0.1, 0.15) is 11.3 Å². The van der Waals surface area contributed by atoms with Crippen molar-refractivity contribution in [3.05, 3.63) is 47.8 Å². The minimum absolute atomic E-state index is 0.287. The molecule has 0 unspecified atom stereocenters. The molecule has 0 bridgehead atoms. The Hall–Kier alpha value is -2.93. The maximum Gasteiger partial charge on any atom is 0.302 e. The SMILES string of the molecule is CN(C)Cc1ccc2oc(Nc3nc4cc(F)ccc4n3CC3CC3)nc2c1. The predicted molar refractivity (Wildman–Crippen MR) is 107 cm³/mol. The zero-order chi connectivity index (χ0) is 19.3. The van der Waals surface area contributed by atoms with Crippen LogP contribution in [0.25, 0.3) is 22.1 Å². The summed E-state index contributed by atoms with van der Waals surface area (Å²) in [6.45, 7) is 1.70. The molecule has 1 aliphatic carbocycles. The van der Waals surface area contributed by atoms with Crippen molar-refractivity contribution in [2.24, 2.45) is 5.92 Å². The van der Waals surface area contributed by atoms with Crippen molar-refractivity contribution in [1.82, 2.24) is 19.4 Å². The summed E-state index contributed by atoms with van der Waals surface area (Å²) in [5.74, 6) is 0.998. The number of nitrogens with one attached hydrogen (secondary N) is 1. The van der Waals surface area contributed by atoms with Crippen molar-refractivity contribution in [3.8, 4) is 0 Å². The van der Waals surface area contributed by atoms with E-state index in [0.717, 1.165) is 29.7 Å². The quantitative estimate of drug-likeness (QED) is 0.533. The number of hydrogen-bond donors (Lipinski definition) is 1. The standard InChI is InChI=1S/C21H22FN5O/c1-26(2)11-14-5-8-19-17(9-14)24-21(28-19)25-20-23-16-10-15(22)6-7-18(16)27(20)12-13-3-4-13/h5-10,13H,3-4,11-12H2,1-2H3,(H,23,24,25). The second kappa shape index (κ2) is 6.60. The van der Waals surface area contributed by atoms with Gasteiger partial charge >= 0.3 is 6.01 Å². The molecule has 5 rings (SSSR count).